The van der Waals surface area contributed by atoms with Crippen molar-refractivity contribution < 1.29 is 23.7 Å². The first-order valence-corrected chi connectivity index (χ1v) is 14.1. The molecule has 10 nitrogen and oxygen atoms in total. The third kappa shape index (κ3) is 8.79. The van der Waals surface area contributed by atoms with Crippen LogP contribution in [0.25, 0.3) is 11.3 Å². The van der Waals surface area contributed by atoms with Crippen molar-refractivity contribution in [2.75, 3.05) is 65.1 Å². The molecule has 2 heterocycles. The predicted molar refractivity (Wildman–Crippen MR) is 157 cm³/mol. The summed E-state index contributed by atoms with van der Waals surface area (Å²) in [6.07, 6.45) is 3.37. The number of hydrogen-bond donors (Lipinski definition) is 1. The third-order valence-corrected chi connectivity index (χ3v) is 6.86. The Morgan fingerprint density at radius 3 is 2.56 bits per heavy atom. The van der Waals surface area contributed by atoms with E-state index in [1.54, 1.807) is 19.4 Å². The first-order valence-electron chi connectivity index (χ1n) is 14.1. The standard InChI is InChI=1S/C31H39N5O5/c1-4-36(5-2)14-17-39-18-19-40-30-21-25(7-9-29(30)37-3)34-31-33-13-10-27(35-31)23-6-8-28(24(20-23)22-32)41-26-11-15-38-16-12-26/h6-10,13,20-21,26H,4-5,11-12,14-19H2,1-3H3,(H,33,34,35). The Hall–Kier alpha value is -3.91. The van der Waals surface area contributed by atoms with E-state index >= 15 is 0 Å². The highest BCUT2D eigenvalue weighted by atomic mass is 16.5. The topological polar surface area (TPSA) is 111 Å². The fourth-order valence-corrected chi connectivity index (χ4v) is 4.47. The second-order valence-electron chi connectivity index (χ2n) is 9.50. The van der Waals surface area contributed by atoms with Gasteiger partial charge in [-0.2, -0.15) is 5.26 Å². The number of nitrogens with one attached hydrogen (secondary N) is 1. The average molecular weight is 562 g/mol. The quantitative estimate of drug-likeness (QED) is 0.253. The number of benzene rings is 2. The van der Waals surface area contributed by atoms with Gasteiger partial charge in [-0.05, 0) is 49.5 Å². The number of ether oxygens (including phenoxy) is 5. The Morgan fingerprint density at radius 2 is 1.80 bits per heavy atom. The summed E-state index contributed by atoms with van der Waals surface area (Å²) in [6, 6.07) is 15.2. The first-order chi connectivity index (χ1) is 20.1. The van der Waals surface area contributed by atoms with E-state index in [9.17, 15) is 5.26 Å². The molecule has 218 valence electrons. The number of methoxy groups -OCH3 is 1. The molecule has 41 heavy (non-hydrogen) atoms. The van der Waals surface area contributed by atoms with Gasteiger partial charge in [0, 0.05) is 42.9 Å². The van der Waals surface area contributed by atoms with Crippen LogP contribution in [-0.2, 0) is 9.47 Å². The number of hydrogen-bond acceptors (Lipinski definition) is 10. The summed E-state index contributed by atoms with van der Waals surface area (Å²) in [7, 11) is 1.61. The van der Waals surface area contributed by atoms with E-state index in [-0.39, 0.29) is 6.10 Å². The molecule has 1 aliphatic heterocycles. The van der Waals surface area contributed by atoms with Gasteiger partial charge < -0.3 is 33.9 Å². The zero-order chi connectivity index (χ0) is 28.9. The SMILES string of the molecule is CCN(CC)CCOCCOc1cc(Nc2nccc(-c3ccc(OC4CCOCC4)c(C#N)c3)n2)ccc1OC. The Kier molecular flexibility index (Phi) is 11.6. The van der Waals surface area contributed by atoms with Crippen LogP contribution in [0, 0.1) is 11.3 Å². The minimum Gasteiger partial charge on any atom is -0.493 e. The van der Waals surface area contributed by atoms with E-state index in [1.807, 2.05) is 36.4 Å². The Labute approximate surface area is 242 Å². The van der Waals surface area contributed by atoms with Gasteiger partial charge in [0.25, 0.3) is 0 Å². The number of anilines is 2. The largest absolute Gasteiger partial charge is 0.493 e. The highest BCUT2D eigenvalue weighted by molar-refractivity contribution is 5.66. The lowest BCUT2D eigenvalue weighted by molar-refractivity contribution is 0.0254. The zero-order valence-corrected chi connectivity index (χ0v) is 24.1. The van der Waals surface area contributed by atoms with E-state index < -0.39 is 0 Å². The highest BCUT2D eigenvalue weighted by Gasteiger charge is 2.18. The fourth-order valence-electron chi connectivity index (χ4n) is 4.47. The molecule has 0 atom stereocenters. The van der Waals surface area contributed by atoms with Crippen molar-refractivity contribution >= 4 is 11.6 Å². The molecule has 1 saturated heterocycles. The van der Waals surface area contributed by atoms with Crippen molar-refractivity contribution in [2.24, 2.45) is 0 Å². The molecule has 1 N–H and O–H groups in total. The molecule has 0 unspecified atom stereocenters. The van der Waals surface area contributed by atoms with E-state index in [2.05, 4.69) is 40.1 Å². The van der Waals surface area contributed by atoms with Crippen LogP contribution in [-0.4, -0.2) is 80.8 Å². The van der Waals surface area contributed by atoms with Gasteiger partial charge in [0.15, 0.2) is 11.5 Å². The van der Waals surface area contributed by atoms with E-state index in [0.717, 1.165) is 43.7 Å². The lowest BCUT2D eigenvalue weighted by Crippen LogP contribution is -2.27. The summed E-state index contributed by atoms with van der Waals surface area (Å²) in [5.41, 5.74) is 2.70. The molecule has 2 aromatic carbocycles. The molecule has 0 radical (unpaired) electrons. The van der Waals surface area contributed by atoms with Gasteiger partial charge >= 0.3 is 0 Å². The average Bonchev–Trinajstić information content (AvgIpc) is 3.01. The summed E-state index contributed by atoms with van der Waals surface area (Å²) in [6.45, 7) is 10.1. The maximum Gasteiger partial charge on any atom is 0.227 e. The van der Waals surface area contributed by atoms with Gasteiger partial charge in [-0.15, -0.1) is 0 Å². The monoisotopic (exact) mass is 561 g/mol. The van der Waals surface area contributed by atoms with E-state index in [4.69, 9.17) is 23.7 Å². The summed E-state index contributed by atoms with van der Waals surface area (Å²) in [5.74, 6) is 2.22. The van der Waals surface area contributed by atoms with Gasteiger partial charge in [-0.3, -0.25) is 0 Å². The van der Waals surface area contributed by atoms with Crippen molar-refractivity contribution in [3.63, 3.8) is 0 Å². The summed E-state index contributed by atoms with van der Waals surface area (Å²) in [5, 5.41) is 13.0. The second-order valence-corrected chi connectivity index (χ2v) is 9.50. The minimum absolute atomic E-state index is 0.0556. The number of likely N-dealkylation sites (N-methyl/N-ethyl adjacent to an activating group) is 1. The van der Waals surface area contributed by atoms with Crippen molar-refractivity contribution in [3.8, 4) is 34.6 Å². The molecule has 10 heteroatoms. The summed E-state index contributed by atoms with van der Waals surface area (Å²) >= 11 is 0. The number of rotatable bonds is 15. The van der Waals surface area contributed by atoms with Gasteiger partial charge in [0.05, 0.1) is 44.8 Å². The molecule has 0 aliphatic carbocycles. The maximum absolute atomic E-state index is 9.75. The van der Waals surface area contributed by atoms with Crippen LogP contribution in [0.5, 0.6) is 17.2 Å². The van der Waals surface area contributed by atoms with Crippen LogP contribution >= 0.6 is 0 Å². The molecule has 0 bridgehead atoms. The van der Waals surface area contributed by atoms with Gasteiger partial charge in [0.2, 0.25) is 5.95 Å². The summed E-state index contributed by atoms with van der Waals surface area (Å²) < 4.78 is 28.6. The van der Waals surface area contributed by atoms with Gasteiger partial charge in [-0.25, -0.2) is 9.97 Å². The van der Waals surface area contributed by atoms with Crippen molar-refractivity contribution in [1.29, 1.82) is 5.26 Å². The van der Waals surface area contributed by atoms with Crippen LogP contribution in [0.15, 0.2) is 48.7 Å². The molecule has 1 fully saturated rings. The third-order valence-electron chi connectivity index (χ3n) is 6.86. The lowest BCUT2D eigenvalue weighted by Gasteiger charge is -2.23. The molecule has 1 aromatic heterocycles. The molecule has 4 rings (SSSR count). The minimum atomic E-state index is 0.0556. The van der Waals surface area contributed by atoms with Gasteiger partial charge in [0.1, 0.15) is 24.5 Å². The molecular weight excluding hydrogens is 522 g/mol. The normalized spacial score (nSPS) is 13.5. The van der Waals surface area contributed by atoms with Crippen molar-refractivity contribution in [3.05, 3.63) is 54.2 Å². The van der Waals surface area contributed by atoms with E-state index in [0.29, 0.717) is 67.5 Å². The number of aromatic nitrogens is 2. The second kappa shape index (κ2) is 15.8. The maximum atomic E-state index is 9.75. The predicted octanol–water partition coefficient (Wildman–Crippen LogP) is 5.06. The van der Waals surface area contributed by atoms with Crippen LogP contribution in [0.2, 0.25) is 0 Å². The van der Waals surface area contributed by atoms with Crippen molar-refractivity contribution in [1.82, 2.24) is 14.9 Å². The molecule has 0 saturated carbocycles. The Balaban J connectivity index is 1.38. The van der Waals surface area contributed by atoms with Gasteiger partial charge in [-0.1, -0.05) is 13.8 Å². The fraction of sp³-hybridized carbons (Fsp3) is 0.452. The number of nitriles is 1. The highest BCUT2D eigenvalue weighted by Crippen LogP contribution is 2.32. The lowest BCUT2D eigenvalue weighted by atomic mass is 10.1. The van der Waals surface area contributed by atoms with E-state index in [1.165, 1.54) is 0 Å². The first kappa shape index (κ1) is 30.1. The summed E-state index contributed by atoms with van der Waals surface area (Å²) in [4.78, 5) is 11.4. The smallest absolute Gasteiger partial charge is 0.227 e. The molecular formula is C31H39N5O5. The van der Waals surface area contributed by atoms with Crippen LogP contribution in [0.4, 0.5) is 11.6 Å². The van der Waals surface area contributed by atoms with Crippen LogP contribution in [0.3, 0.4) is 0 Å². The van der Waals surface area contributed by atoms with Crippen LogP contribution in [0.1, 0.15) is 32.3 Å². The zero-order valence-electron chi connectivity index (χ0n) is 24.1. The van der Waals surface area contributed by atoms with Crippen LogP contribution < -0.4 is 19.5 Å². The molecule has 0 amide bonds. The molecule has 1 aliphatic rings. The molecule has 3 aromatic rings. The van der Waals surface area contributed by atoms with Crippen molar-refractivity contribution in [2.45, 2.75) is 32.8 Å². The Morgan fingerprint density at radius 1 is 1.00 bits per heavy atom. The molecule has 0 spiro atoms. The number of nitrogens with zero attached hydrogens (tertiary/aromatic N) is 4. The Bertz CT molecular complexity index is 1290.